The van der Waals surface area contributed by atoms with E-state index in [-0.39, 0.29) is 5.54 Å². The molecule has 1 saturated carbocycles. The molecule has 1 fully saturated rings. The normalized spacial score (nSPS) is 18.4. The van der Waals surface area contributed by atoms with Crippen molar-refractivity contribution in [3.8, 4) is 0 Å². The molecule has 0 atom stereocenters. The number of aryl methyl sites for hydroxylation is 2. The summed E-state index contributed by atoms with van der Waals surface area (Å²) in [7, 11) is 0. The monoisotopic (exact) mass is 238 g/mol. The first kappa shape index (κ1) is 12.1. The summed E-state index contributed by atoms with van der Waals surface area (Å²) in [5.41, 5.74) is 1.53. The van der Waals surface area contributed by atoms with Crippen LogP contribution in [-0.4, -0.2) is 11.5 Å². The molecule has 90 valence electrons. The Morgan fingerprint density at radius 1 is 1.38 bits per heavy atom. The largest absolute Gasteiger partial charge is 0.305 e. The van der Waals surface area contributed by atoms with E-state index < -0.39 is 0 Å². The van der Waals surface area contributed by atoms with Gasteiger partial charge in [-0.05, 0) is 45.6 Å². The van der Waals surface area contributed by atoms with Crippen molar-refractivity contribution in [3.05, 3.63) is 15.6 Å². The van der Waals surface area contributed by atoms with Gasteiger partial charge in [-0.3, -0.25) is 0 Å². The second-order valence-electron chi connectivity index (χ2n) is 4.74. The van der Waals surface area contributed by atoms with Crippen molar-refractivity contribution in [2.75, 3.05) is 6.54 Å². The Bertz CT molecular complexity index is 353. The van der Waals surface area contributed by atoms with E-state index in [9.17, 15) is 0 Å². The summed E-state index contributed by atoms with van der Waals surface area (Å²) < 4.78 is 0. The van der Waals surface area contributed by atoms with Crippen LogP contribution in [0.25, 0.3) is 0 Å². The number of aromatic nitrogens is 1. The number of hydrogen-bond donors (Lipinski definition) is 1. The van der Waals surface area contributed by atoms with Crippen LogP contribution in [0.5, 0.6) is 0 Å². The second-order valence-corrected chi connectivity index (χ2v) is 5.94. The molecule has 1 N–H and O–H groups in total. The van der Waals surface area contributed by atoms with Crippen molar-refractivity contribution in [3.63, 3.8) is 0 Å². The molecule has 2 nitrogen and oxygen atoms in total. The third-order valence-electron chi connectivity index (χ3n) is 3.56. The average molecular weight is 238 g/mol. The van der Waals surface area contributed by atoms with Gasteiger partial charge in [-0.2, -0.15) is 0 Å². The molecule has 0 aliphatic heterocycles. The third-order valence-corrected chi connectivity index (χ3v) is 4.77. The highest BCUT2D eigenvalue weighted by atomic mass is 32.1. The first-order valence-electron chi connectivity index (χ1n) is 6.43. The summed E-state index contributed by atoms with van der Waals surface area (Å²) in [5.74, 6) is 0. The lowest BCUT2D eigenvalue weighted by molar-refractivity contribution is 0.186. The molecular formula is C13H22N2S. The van der Waals surface area contributed by atoms with Gasteiger partial charge < -0.3 is 5.32 Å². The Morgan fingerprint density at radius 2 is 2.12 bits per heavy atom. The van der Waals surface area contributed by atoms with E-state index in [1.54, 1.807) is 0 Å². The van der Waals surface area contributed by atoms with Crippen molar-refractivity contribution < 1.29 is 0 Å². The molecule has 1 aliphatic rings. The Labute approximate surface area is 102 Å². The van der Waals surface area contributed by atoms with Crippen LogP contribution in [0.2, 0.25) is 0 Å². The van der Waals surface area contributed by atoms with E-state index in [2.05, 4.69) is 26.1 Å². The maximum atomic E-state index is 4.83. The highest BCUT2D eigenvalue weighted by Crippen LogP contribution is 2.43. The van der Waals surface area contributed by atoms with Crippen molar-refractivity contribution in [2.45, 2.75) is 58.4 Å². The van der Waals surface area contributed by atoms with Gasteiger partial charge in [0.1, 0.15) is 5.01 Å². The predicted octanol–water partition coefficient (Wildman–Crippen LogP) is 3.39. The topological polar surface area (TPSA) is 24.9 Å². The maximum Gasteiger partial charge on any atom is 0.113 e. The van der Waals surface area contributed by atoms with E-state index in [0.717, 1.165) is 13.0 Å². The molecule has 1 aliphatic carbocycles. The first-order valence-corrected chi connectivity index (χ1v) is 7.25. The van der Waals surface area contributed by atoms with Crippen LogP contribution < -0.4 is 5.32 Å². The van der Waals surface area contributed by atoms with Crippen LogP contribution in [0.4, 0.5) is 0 Å². The molecule has 1 aromatic heterocycles. The van der Waals surface area contributed by atoms with Gasteiger partial charge in [-0.25, -0.2) is 4.98 Å². The molecule has 3 heteroatoms. The molecule has 0 amide bonds. The van der Waals surface area contributed by atoms with Gasteiger partial charge in [0, 0.05) is 4.88 Å². The number of hydrogen-bond acceptors (Lipinski definition) is 3. The fraction of sp³-hybridized carbons (Fsp3) is 0.769. The van der Waals surface area contributed by atoms with E-state index in [1.807, 2.05) is 11.3 Å². The summed E-state index contributed by atoms with van der Waals surface area (Å²) in [6.07, 6.45) is 6.14. The first-order chi connectivity index (χ1) is 7.72. The highest BCUT2D eigenvalue weighted by Gasteiger charge is 2.40. The zero-order valence-corrected chi connectivity index (χ0v) is 11.4. The van der Waals surface area contributed by atoms with Crippen molar-refractivity contribution in [1.82, 2.24) is 10.3 Å². The predicted molar refractivity (Wildman–Crippen MR) is 70.1 cm³/mol. The molecule has 1 heterocycles. The van der Waals surface area contributed by atoms with Gasteiger partial charge in [0.05, 0.1) is 11.2 Å². The maximum absolute atomic E-state index is 4.83. The van der Waals surface area contributed by atoms with Crippen molar-refractivity contribution in [1.29, 1.82) is 0 Å². The zero-order chi connectivity index (χ0) is 11.6. The van der Waals surface area contributed by atoms with E-state index >= 15 is 0 Å². The van der Waals surface area contributed by atoms with Gasteiger partial charge in [0.25, 0.3) is 0 Å². The zero-order valence-electron chi connectivity index (χ0n) is 10.6. The van der Waals surface area contributed by atoms with Gasteiger partial charge in [-0.15, -0.1) is 11.3 Å². The van der Waals surface area contributed by atoms with Crippen LogP contribution in [-0.2, 0) is 12.0 Å². The standard InChI is InChI=1S/C13H22N2S/c1-4-9-14-13(7-6-8-13)12-15-11(5-2)10(3)16-12/h14H,4-9H2,1-3H3. The lowest BCUT2D eigenvalue weighted by atomic mass is 9.77. The fourth-order valence-corrected chi connectivity index (χ4v) is 3.55. The molecule has 0 bridgehead atoms. The van der Waals surface area contributed by atoms with E-state index in [0.29, 0.717) is 0 Å². The molecule has 0 saturated heterocycles. The number of thiazole rings is 1. The fourth-order valence-electron chi connectivity index (χ4n) is 2.32. The lowest BCUT2D eigenvalue weighted by Crippen LogP contribution is -2.48. The van der Waals surface area contributed by atoms with Crippen LogP contribution in [0.3, 0.4) is 0 Å². The van der Waals surface area contributed by atoms with Crippen LogP contribution in [0.15, 0.2) is 0 Å². The van der Waals surface area contributed by atoms with E-state index in [4.69, 9.17) is 4.98 Å². The summed E-state index contributed by atoms with van der Waals surface area (Å²) >= 11 is 1.90. The van der Waals surface area contributed by atoms with Crippen LogP contribution >= 0.6 is 11.3 Å². The number of nitrogens with one attached hydrogen (secondary N) is 1. The molecule has 0 unspecified atom stereocenters. The van der Waals surface area contributed by atoms with Gasteiger partial charge in [0.2, 0.25) is 0 Å². The van der Waals surface area contributed by atoms with Gasteiger partial charge in [-0.1, -0.05) is 13.8 Å². The summed E-state index contributed by atoms with van der Waals surface area (Å²) in [5, 5.41) is 5.05. The second kappa shape index (κ2) is 4.84. The van der Waals surface area contributed by atoms with Crippen molar-refractivity contribution >= 4 is 11.3 Å². The summed E-state index contributed by atoms with van der Waals surface area (Å²) in [6, 6.07) is 0. The number of rotatable bonds is 5. The Kier molecular flexibility index (Phi) is 3.65. The molecule has 16 heavy (non-hydrogen) atoms. The Balaban J connectivity index is 2.19. The highest BCUT2D eigenvalue weighted by molar-refractivity contribution is 7.11. The smallest absolute Gasteiger partial charge is 0.113 e. The SMILES string of the molecule is CCCNC1(c2nc(CC)c(C)s2)CCC1. The Morgan fingerprint density at radius 3 is 2.56 bits per heavy atom. The third kappa shape index (κ3) is 2.03. The Hall–Kier alpha value is -0.410. The molecule has 2 rings (SSSR count). The minimum atomic E-state index is 0.235. The molecule has 1 aromatic rings. The van der Waals surface area contributed by atoms with Crippen LogP contribution in [0.1, 0.15) is 55.1 Å². The molecule has 0 spiro atoms. The average Bonchev–Trinajstić information content (AvgIpc) is 2.59. The summed E-state index contributed by atoms with van der Waals surface area (Å²) in [6.45, 7) is 7.73. The minimum Gasteiger partial charge on any atom is -0.305 e. The number of nitrogens with zero attached hydrogens (tertiary/aromatic N) is 1. The lowest BCUT2D eigenvalue weighted by Gasteiger charge is -2.41. The molecule has 0 aromatic carbocycles. The van der Waals surface area contributed by atoms with Gasteiger partial charge >= 0.3 is 0 Å². The molecular weight excluding hydrogens is 216 g/mol. The minimum absolute atomic E-state index is 0.235. The van der Waals surface area contributed by atoms with Gasteiger partial charge in [0.15, 0.2) is 0 Å². The molecule has 0 radical (unpaired) electrons. The summed E-state index contributed by atoms with van der Waals surface area (Å²) in [4.78, 5) is 6.24. The van der Waals surface area contributed by atoms with Crippen molar-refractivity contribution in [2.24, 2.45) is 0 Å². The quantitative estimate of drug-likeness (QED) is 0.850. The van der Waals surface area contributed by atoms with E-state index in [1.165, 1.54) is 41.3 Å². The van der Waals surface area contributed by atoms with Crippen LogP contribution in [0, 0.1) is 6.92 Å².